The van der Waals surface area contributed by atoms with Crippen LogP contribution >= 0.6 is 0 Å². The topological polar surface area (TPSA) is 87.7 Å². The van der Waals surface area contributed by atoms with Gasteiger partial charge in [-0.1, -0.05) is 30.3 Å². The van der Waals surface area contributed by atoms with E-state index in [-0.39, 0.29) is 12.1 Å². The van der Waals surface area contributed by atoms with Crippen LogP contribution in [-0.2, 0) is 15.1 Å². The van der Waals surface area contributed by atoms with Crippen LogP contribution in [0.3, 0.4) is 0 Å². The predicted molar refractivity (Wildman–Crippen MR) is 76.9 cm³/mol. The Hall–Kier alpha value is -2.08. The van der Waals surface area contributed by atoms with E-state index in [9.17, 15) is 14.7 Å². The second kappa shape index (κ2) is 6.13. The summed E-state index contributed by atoms with van der Waals surface area (Å²) in [6.07, 6.45) is 1.67. The third kappa shape index (κ3) is 3.33. The molecule has 0 radical (unpaired) electrons. The molecule has 114 valence electrons. The van der Waals surface area contributed by atoms with Gasteiger partial charge in [-0.3, -0.25) is 0 Å². The van der Waals surface area contributed by atoms with Crippen molar-refractivity contribution in [3.63, 3.8) is 0 Å². The number of carboxylic acid groups (broad SMARTS) is 1. The van der Waals surface area contributed by atoms with Crippen molar-refractivity contribution in [3.8, 4) is 0 Å². The summed E-state index contributed by atoms with van der Waals surface area (Å²) in [5.41, 5.74) is -0.938. The average molecular weight is 292 g/mol. The molecule has 1 atom stereocenters. The first-order valence-electron chi connectivity index (χ1n) is 6.86. The molecule has 0 spiro atoms. The highest BCUT2D eigenvalue weighted by molar-refractivity contribution is 5.87. The zero-order chi connectivity index (χ0) is 15.5. The fraction of sp³-hybridized carbons (Fsp3) is 0.467. The van der Waals surface area contributed by atoms with E-state index in [0.29, 0.717) is 5.56 Å². The molecule has 6 heteroatoms. The van der Waals surface area contributed by atoms with Gasteiger partial charge in [0.2, 0.25) is 0 Å². The van der Waals surface area contributed by atoms with E-state index in [2.05, 4.69) is 10.6 Å². The van der Waals surface area contributed by atoms with Gasteiger partial charge in [0.15, 0.2) is 5.54 Å². The summed E-state index contributed by atoms with van der Waals surface area (Å²) in [7, 11) is 1.64. The predicted octanol–water partition coefficient (Wildman–Crippen LogP) is 1.46. The molecule has 0 aliphatic heterocycles. The second-order valence-corrected chi connectivity index (χ2v) is 5.42. The summed E-state index contributed by atoms with van der Waals surface area (Å²) >= 11 is 0. The van der Waals surface area contributed by atoms with Crippen LogP contribution in [0, 0.1) is 0 Å². The highest BCUT2D eigenvalue weighted by atomic mass is 16.5. The molecule has 0 aromatic heterocycles. The van der Waals surface area contributed by atoms with Gasteiger partial charge in [0.25, 0.3) is 0 Å². The number of aliphatic carboxylic acids is 1. The molecule has 1 fully saturated rings. The van der Waals surface area contributed by atoms with Crippen LogP contribution < -0.4 is 10.6 Å². The Bertz CT molecular complexity index is 514. The number of carbonyl (C=O) groups is 2. The van der Waals surface area contributed by atoms with Crippen LogP contribution in [0.25, 0.3) is 0 Å². The number of urea groups is 1. The lowest BCUT2D eigenvalue weighted by atomic mass is 9.89. The fourth-order valence-electron chi connectivity index (χ4n) is 2.35. The number of benzene rings is 1. The van der Waals surface area contributed by atoms with E-state index in [1.54, 1.807) is 37.4 Å². The van der Waals surface area contributed by atoms with Crippen LogP contribution in [0.1, 0.15) is 25.3 Å². The summed E-state index contributed by atoms with van der Waals surface area (Å²) in [5, 5.41) is 14.8. The molecular formula is C15H20N2O4. The molecule has 1 aromatic rings. The van der Waals surface area contributed by atoms with Crippen molar-refractivity contribution < 1.29 is 19.4 Å². The van der Waals surface area contributed by atoms with Crippen molar-refractivity contribution in [1.29, 1.82) is 0 Å². The Kier molecular flexibility index (Phi) is 4.47. The van der Waals surface area contributed by atoms with E-state index in [1.807, 2.05) is 0 Å². The van der Waals surface area contributed by atoms with Crippen LogP contribution in [0.2, 0.25) is 0 Å². The first kappa shape index (κ1) is 15.3. The quantitative estimate of drug-likeness (QED) is 0.766. The third-order valence-electron chi connectivity index (χ3n) is 3.91. The molecule has 6 nitrogen and oxygen atoms in total. The minimum absolute atomic E-state index is 0.0313. The zero-order valence-electron chi connectivity index (χ0n) is 12.1. The first-order valence-corrected chi connectivity index (χ1v) is 6.86. The zero-order valence-corrected chi connectivity index (χ0v) is 12.1. The van der Waals surface area contributed by atoms with Crippen molar-refractivity contribution in [2.45, 2.75) is 37.5 Å². The van der Waals surface area contributed by atoms with E-state index >= 15 is 0 Å². The summed E-state index contributed by atoms with van der Waals surface area (Å²) in [6.45, 7) is 1.48. The summed E-state index contributed by atoms with van der Waals surface area (Å²) in [5.74, 6) is -1.10. The Labute approximate surface area is 123 Å². The van der Waals surface area contributed by atoms with E-state index in [4.69, 9.17) is 4.74 Å². The lowest BCUT2D eigenvalue weighted by Gasteiger charge is -2.35. The van der Waals surface area contributed by atoms with Gasteiger partial charge in [-0.05, 0) is 25.3 Å². The van der Waals surface area contributed by atoms with Crippen LogP contribution in [-0.4, -0.2) is 36.4 Å². The van der Waals surface area contributed by atoms with Crippen LogP contribution in [0.5, 0.6) is 0 Å². The first-order chi connectivity index (χ1) is 9.95. The number of ether oxygens (including phenoxy) is 1. The van der Waals surface area contributed by atoms with Crippen molar-refractivity contribution in [2.24, 2.45) is 0 Å². The number of hydrogen-bond acceptors (Lipinski definition) is 3. The van der Waals surface area contributed by atoms with Gasteiger partial charge >= 0.3 is 12.0 Å². The fourth-order valence-corrected chi connectivity index (χ4v) is 2.35. The standard InChI is InChI=1S/C15H20N2O4/c1-15(13(18)19,10-6-4-3-5-7-10)17-14(20)16-11-8-12(9-11)21-2/h3-7,11-12H,8-9H2,1-2H3,(H,18,19)(H2,16,17,20). The van der Waals surface area contributed by atoms with Crippen molar-refractivity contribution in [2.75, 3.05) is 7.11 Å². The Morgan fingerprint density at radius 2 is 1.90 bits per heavy atom. The molecule has 0 saturated heterocycles. The Morgan fingerprint density at radius 1 is 1.29 bits per heavy atom. The second-order valence-electron chi connectivity index (χ2n) is 5.42. The van der Waals surface area contributed by atoms with Gasteiger partial charge in [0, 0.05) is 13.2 Å². The molecule has 1 aliphatic rings. The van der Waals surface area contributed by atoms with Gasteiger partial charge in [-0.15, -0.1) is 0 Å². The average Bonchev–Trinajstić information content (AvgIpc) is 2.43. The maximum atomic E-state index is 12.0. The highest BCUT2D eigenvalue weighted by Crippen LogP contribution is 2.24. The normalized spacial score (nSPS) is 23.5. The van der Waals surface area contributed by atoms with Gasteiger partial charge in [0.1, 0.15) is 0 Å². The highest BCUT2D eigenvalue weighted by Gasteiger charge is 2.38. The smallest absolute Gasteiger partial charge is 0.333 e. The van der Waals surface area contributed by atoms with E-state index < -0.39 is 17.5 Å². The maximum Gasteiger partial charge on any atom is 0.333 e. The number of methoxy groups -OCH3 is 1. The van der Waals surface area contributed by atoms with Gasteiger partial charge in [-0.25, -0.2) is 9.59 Å². The van der Waals surface area contributed by atoms with Crippen molar-refractivity contribution in [1.82, 2.24) is 10.6 Å². The third-order valence-corrected chi connectivity index (χ3v) is 3.91. The molecule has 0 bridgehead atoms. The molecule has 3 N–H and O–H groups in total. The number of carbonyl (C=O) groups excluding carboxylic acids is 1. The van der Waals surface area contributed by atoms with Crippen molar-refractivity contribution in [3.05, 3.63) is 35.9 Å². The summed E-state index contributed by atoms with van der Waals surface area (Å²) < 4.78 is 5.14. The largest absolute Gasteiger partial charge is 0.479 e. The summed E-state index contributed by atoms with van der Waals surface area (Å²) in [4.78, 5) is 23.6. The van der Waals surface area contributed by atoms with Gasteiger partial charge in [-0.2, -0.15) is 0 Å². The van der Waals surface area contributed by atoms with Gasteiger partial charge in [0.05, 0.1) is 6.10 Å². The number of rotatable bonds is 5. The van der Waals surface area contributed by atoms with Crippen LogP contribution in [0.4, 0.5) is 4.79 Å². The molecule has 21 heavy (non-hydrogen) atoms. The number of hydrogen-bond donors (Lipinski definition) is 3. The minimum atomic E-state index is -1.46. The number of carboxylic acids is 1. The molecule has 1 aromatic carbocycles. The maximum absolute atomic E-state index is 12.0. The molecule has 1 unspecified atom stereocenters. The SMILES string of the molecule is COC1CC(NC(=O)NC(C)(C(=O)O)c2ccccc2)C1. The summed E-state index contributed by atoms with van der Waals surface area (Å²) in [6, 6.07) is 8.19. The Morgan fingerprint density at radius 3 is 2.43 bits per heavy atom. The molecule has 1 aliphatic carbocycles. The van der Waals surface area contributed by atoms with Gasteiger partial charge < -0.3 is 20.5 Å². The van der Waals surface area contributed by atoms with Crippen molar-refractivity contribution >= 4 is 12.0 Å². The molecule has 2 amide bonds. The van der Waals surface area contributed by atoms with E-state index in [1.165, 1.54) is 6.92 Å². The number of nitrogens with one attached hydrogen (secondary N) is 2. The molecule has 1 saturated carbocycles. The molecule has 0 heterocycles. The lowest BCUT2D eigenvalue weighted by molar-refractivity contribution is -0.144. The Balaban J connectivity index is 2.00. The minimum Gasteiger partial charge on any atom is -0.479 e. The van der Waals surface area contributed by atoms with Crippen LogP contribution in [0.15, 0.2) is 30.3 Å². The molecule has 2 rings (SSSR count). The lowest BCUT2D eigenvalue weighted by Crippen LogP contribution is -2.57. The molecular weight excluding hydrogens is 272 g/mol. The van der Waals surface area contributed by atoms with E-state index in [0.717, 1.165) is 12.8 Å². The monoisotopic (exact) mass is 292 g/mol. The number of amides is 2.